The van der Waals surface area contributed by atoms with Gasteiger partial charge >= 0.3 is 0 Å². The molecule has 0 aliphatic carbocycles. The first-order valence-corrected chi connectivity index (χ1v) is 18.0. The first-order valence-electron chi connectivity index (χ1n) is 18.0. The number of rotatable bonds is 32. The van der Waals surface area contributed by atoms with E-state index in [4.69, 9.17) is 0 Å². The van der Waals surface area contributed by atoms with Crippen molar-refractivity contribution >= 4 is 5.91 Å². The maximum Gasteiger partial charge on any atom is 0.220 e. The van der Waals surface area contributed by atoms with Crippen molar-refractivity contribution in [2.75, 3.05) is 6.61 Å². The van der Waals surface area contributed by atoms with Crippen molar-refractivity contribution in [2.24, 2.45) is 0 Å². The molecule has 0 heterocycles. The molecule has 0 rings (SSSR count). The maximum atomic E-state index is 12.3. The molecule has 0 radical (unpaired) electrons. The maximum absolute atomic E-state index is 12.3. The lowest BCUT2D eigenvalue weighted by molar-refractivity contribution is -0.124. The van der Waals surface area contributed by atoms with Crippen molar-refractivity contribution < 1.29 is 20.1 Å². The first kappa shape index (κ1) is 40.1. The third-order valence-electron chi connectivity index (χ3n) is 8.37. The van der Waals surface area contributed by atoms with Crippen LogP contribution >= 0.6 is 0 Å². The summed E-state index contributed by atoms with van der Waals surface area (Å²) in [6, 6.07) is -0.818. The Morgan fingerprint density at radius 2 is 0.976 bits per heavy atom. The van der Waals surface area contributed by atoms with Gasteiger partial charge in [0.05, 0.1) is 18.8 Å². The molecule has 0 saturated carbocycles. The van der Waals surface area contributed by atoms with E-state index < -0.39 is 18.2 Å². The number of nitrogens with one attached hydrogen (secondary N) is 1. The van der Waals surface area contributed by atoms with Gasteiger partial charge in [-0.2, -0.15) is 0 Å². The highest BCUT2D eigenvalue weighted by atomic mass is 16.3. The van der Waals surface area contributed by atoms with Gasteiger partial charge in [0, 0.05) is 6.42 Å². The lowest BCUT2D eigenvalue weighted by Crippen LogP contribution is -2.50. The van der Waals surface area contributed by atoms with Gasteiger partial charge in [-0.1, -0.05) is 154 Å². The third-order valence-corrected chi connectivity index (χ3v) is 8.37. The predicted molar refractivity (Wildman–Crippen MR) is 176 cm³/mol. The zero-order valence-corrected chi connectivity index (χ0v) is 27.4. The summed E-state index contributed by atoms with van der Waals surface area (Å²) < 4.78 is 0. The number of hydrogen-bond acceptors (Lipinski definition) is 4. The van der Waals surface area contributed by atoms with Crippen LogP contribution in [0.25, 0.3) is 0 Å². The summed E-state index contributed by atoms with van der Waals surface area (Å²) in [6.07, 6.45) is 34.4. The Kier molecular flexibility index (Phi) is 31.3. The van der Waals surface area contributed by atoms with Crippen LogP contribution in [0.1, 0.15) is 187 Å². The Bertz CT molecular complexity index is 568. The van der Waals surface area contributed by atoms with E-state index in [0.29, 0.717) is 12.8 Å². The van der Waals surface area contributed by atoms with Crippen molar-refractivity contribution in [3.63, 3.8) is 0 Å². The van der Waals surface area contributed by atoms with E-state index in [1.54, 1.807) is 0 Å². The molecule has 0 aromatic carbocycles. The van der Waals surface area contributed by atoms with E-state index in [2.05, 4.69) is 31.3 Å². The molecule has 0 aliphatic heterocycles. The largest absolute Gasteiger partial charge is 0.394 e. The Hall–Kier alpha value is -0.910. The van der Waals surface area contributed by atoms with Gasteiger partial charge in [0.15, 0.2) is 0 Å². The zero-order valence-electron chi connectivity index (χ0n) is 27.4. The van der Waals surface area contributed by atoms with Crippen LogP contribution in [0.15, 0.2) is 12.2 Å². The second-order valence-corrected chi connectivity index (χ2v) is 12.4. The van der Waals surface area contributed by atoms with Crippen molar-refractivity contribution in [2.45, 2.75) is 205 Å². The van der Waals surface area contributed by atoms with Gasteiger partial charge in [0.25, 0.3) is 0 Å². The molecule has 3 unspecified atom stereocenters. The average Bonchev–Trinajstić information content (AvgIpc) is 2.97. The molecule has 1 amide bonds. The monoisotopic (exact) mass is 582 g/mol. The smallest absolute Gasteiger partial charge is 0.220 e. The van der Waals surface area contributed by atoms with Crippen LogP contribution < -0.4 is 5.32 Å². The molecule has 41 heavy (non-hydrogen) atoms. The predicted octanol–water partition coefficient (Wildman–Crippen LogP) is 9.31. The molecule has 5 nitrogen and oxygen atoms in total. The second-order valence-electron chi connectivity index (χ2n) is 12.4. The highest BCUT2D eigenvalue weighted by Gasteiger charge is 2.26. The summed E-state index contributed by atoms with van der Waals surface area (Å²) >= 11 is 0. The SMILES string of the molecule is CCCCCCCCCCCC/C=C/CCCC(O)C(O)C(CO)NC(=O)CCCCCCCCCCCCCC. The number of amides is 1. The number of carbonyl (C=O) groups is 1. The van der Waals surface area contributed by atoms with Crippen molar-refractivity contribution in [3.8, 4) is 0 Å². The molecule has 0 saturated heterocycles. The summed E-state index contributed by atoms with van der Waals surface area (Å²) in [5, 5.41) is 33.3. The van der Waals surface area contributed by atoms with E-state index in [0.717, 1.165) is 38.5 Å². The molecule has 0 bridgehead atoms. The van der Waals surface area contributed by atoms with E-state index >= 15 is 0 Å². The van der Waals surface area contributed by atoms with Crippen LogP contribution in [-0.4, -0.2) is 46.1 Å². The number of allylic oxidation sites excluding steroid dienone is 2. The summed E-state index contributed by atoms with van der Waals surface area (Å²) in [5.74, 6) is -0.155. The Labute approximate surface area is 255 Å². The van der Waals surface area contributed by atoms with E-state index in [9.17, 15) is 20.1 Å². The molecule has 0 spiro atoms. The van der Waals surface area contributed by atoms with Gasteiger partial charge in [-0.15, -0.1) is 0 Å². The number of carbonyl (C=O) groups excluding carboxylic acids is 1. The quantitative estimate of drug-likeness (QED) is 0.0471. The molecule has 0 aromatic heterocycles. The zero-order chi connectivity index (χ0) is 30.2. The van der Waals surface area contributed by atoms with Gasteiger partial charge in [-0.05, 0) is 38.5 Å². The minimum absolute atomic E-state index is 0.155. The number of aliphatic hydroxyl groups is 3. The molecule has 0 aliphatic rings. The fourth-order valence-corrected chi connectivity index (χ4v) is 5.51. The molecule has 0 fully saturated rings. The van der Waals surface area contributed by atoms with Crippen molar-refractivity contribution in [3.05, 3.63) is 12.2 Å². The Balaban J connectivity index is 3.74. The van der Waals surface area contributed by atoms with Crippen molar-refractivity contribution in [1.82, 2.24) is 5.32 Å². The fourth-order valence-electron chi connectivity index (χ4n) is 5.51. The van der Waals surface area contributed by atoms with E-state index in [1.807, 2.05) is 0 Å². The van der Waals surface area contributed by atoms with Gasteiger partial charge in [0.1, 0.15) is 6.10 Å². The molecule has 0 aromatic rings. The van der Waals surface area contributed by atoms with Crippen LogP contribution in [0.4, 0.5) is 0 Å². The third kappa shape index (κ3) is 27.7. The summed E-state index contributed by atoms with van der Waals surface area (Å²) in [6.45, 7) is 4.14. The lowest BCUT2D eigenvalue weighted by atomic mass is 10.0. The number of aliphatic hydroxyl groups excluding tert-OH is 3. The van der Waals surface area contributed by atoms with Crippen LogP contribution in [0, 0.1) is 0 Å². The number of unbranched alkanes of at least 4 members (excludes halogenated alkanes) is 22. The van der Waals surface area contributed by atoms with Crippen molar-refractivity contribution in [1.29, 1.82) is 0 Å². The Morgan fingerprint density at radius 3 is 1.41 bits per heavy atom. The highest BCUT2D eigenvalue weighted by molar-refractivity contribution is 5.76. The highest BCUT2D eigenvalue weighted by Crippen LogP contribution is 2.14. The Morgan fingerprint density at radius 1 is 0.585 bits per heavy atom. The average molecular weight is 582 g/mol. The minimum Gasteiger partial charge on any atom is -0.394 e. The molecule has 244 valence electrons. The summed E-state index contributed by atoms with van der Waals surface area (Å²) in [5.41, 5.74) is 0. The van der Waals surface area contributed by atoms with Crippen LogP contribution in [0.5, 0.6) is 0 Å². The van der Waals surface area contributed by atoms with Gasteiger partial charge < -0.3 is 20.6 Å². The normalized spacial score (nSPS) is 14.0. The molecular formula is C36H71NO4. The molecule has 5 heteroatoms. The standard InChI is InChI=1S/C36H71NO4/c1-3-5-7-9-11-13-15-17-18-19-20-22-24-26-28-30-34(39)36(41)33(32-38)37-35(40)31-29-27-25-23-21-16-14-12-10-8-6-4-2/h22,24,33-34,36,38-39,41H,3-21,23,25-32H2,1-2H3,(H,37,40)/b24-22+. The lowest BCUT2D eigenvalue weighted by Gasteiger charge is -2.26. The molecule has 3 atom stereocenters. The van der Waals surface area contributed by atoms with Crippen LogP contribution in [0.3, 0.4) is 0 Å². The van der Waals surface area contributed by atoms with Gasteiger partial charge in [-0.25, -0.2) is 0 Å². The van der Waals surface area contributed by atoms with E-state index in [-0.39, 0.29) is 12.5 Å². The van der Waals surface area contributed by atoms with E-state index in [1.165, 1.54) is 122 Å². The molecular weight excluding hydrogens is 510 g/mol. The van der Waals surface area contributed by atoms with Crippen LogP contribution in [-0.2, 0) is 4.79 Å². The van der Waals surface area contributed by atoms with Gasteiger partial charge in [0.2, 0.25) is 5.91 Å². The fraction of sp³-hybridized carbons (Fsp3) is 0.917. The first-order chi connectivity index (χ1) is 20.1. The van der Waals surface area contributed by atoms with Crippen LogP contribution in [0.2, 0.25) is 0 Å². The summed E-state index contributed by atoms with van der Waals surface area (Å²) in [7, 11) is 0. The topological polar surface area (TPSA) is 89.8 Å². The van der Waals surface area contributed by atoms with Gasteiger partial charge in [-0.3, -0.25) is 4.79 Å². The second kappa shape index (κ2) is 32.0. The number of hydrogen-bond donors (Lipinski definition) is 4. The molecule has 4 N–H and O–H groups in total. The minimum atomic E-state index is -1.15. The summed E-state index contributed by atoms with van der Waals surface area (Å²) in [4.78, 5) is 12.3.